The van der Waals surface area contributed by atoms with Crippen molar-refractivity contribution in [3.05, 3.63) is 126 Å². The summed E-state index contributed by atoms with van der Waals surface area (Å²) >= 11 is 3.70. The highest BCUT2D eigenvalue weighted by atomic mass is 79.9. The second kappa shape index (κ2) is 8.87. The molecule has 0 saturated heterocycles. The molecule has 0 unspecified atom stereocenters. The Labute approximate surface area is 214 Å². The topological polar surface area (TPSA) is 3.24 Å². The lowest BCUT2D eigenvalue weighted by molar-refractivity contribution is 1.32. The van der Waals surface area contributed by atoms with E-state index in [2.05, 4.69) is 144 Å². The van der Waals surface area contributed by atoms with Crippen LogP contribution in [0.4, 0.5) is 17.1 Å². The zero-order valence-electron chi connectivity index (χ0n) is 19.9. The van der Waals surface area contributed by atoms with Gasteiger partial charge in [0.15, 0.2) is 0 Å². The van der Waals surface area contributed by atoms with Gasteiger partial charge in [0.25, 0.3) is 0 Å². The third kappa shape index (κ3) is 3.61. The van der Waals surface area contributed by atoms with Gasteiger partial charge in [-0.1, -0.05) is 107 Å². The molecule has 0 bridgehead atoms. The molecule has 0 aliphatic heterocycles. The molecule has 0 aliphatic carbocycles. The van der Waals surface area contributed by atoms with E-state index in [1.165, 1.54) is 66.1 Å². The Morgan fingerprint density at radius 1 is 0.457 bits per heavy atom. The van der Waals surface area contributed by atoms with E-state index in [-0.39, 0.29) is 0 Å². The van der Waals surface area contributed by atoms with Gasteiger partial charge < -0.3 is 4.90 Å². The minimum absolute atomic E-state index is 0.828. The molecule has 0 heterocycles. The van der Waals surface area contributed by atoms with E-state index in [1.807, 2.05) is 0 Å². The summed E-state index contributed by atoms with van der Waals surface area (Å²) in [7, 11) is 0. The van der Waals surface area contributed by atoms with Gasteiger partial charge in [-0.2, -0.15) is 0 Å². The first-order chi connectivity index (χ1) is 17.2. The third-order valence-corrected chi connectivity index (χ3v) is 7.69. The minimum Gasteiger partial charge on any atom is -0.309 e. The molecule has 0 saturated carbocycles. The predicted molar refractivity (Wildman–Crippen MR) is 156 cm³/mol. The lowest BCUT2D eigenvalue weighted by atomic mass is 9.98. The average molecular weight is 516 g/mol. The largest absolute Gasteiger partial charge is 0.309 e. The Kier molecular flexibility index (Phi) is 5.54. The van der Waals surface area contributed by atoms with Crippen LogP contribution in [0.15, 0.2) is 109 Å². The summed E-state index contributed by atoms with van der Waals surface area (Å²) in [4.78, 5) is 2.46. The fourth-order valence-corrected chi connectivity index (χ4v) is 5.84. The number of aryl methyl sites for hydroxylation is 2. The SMILES string of the molecule is Cc1cccc2c(N(c3cccc4c(C)cccc34)c3cccc4c(CBr)cccc34)cccc12. The van der Waals surface area contributed by atoms with Crippen LogP contribution in [0, 0.1) is 13.8 Å². The summed E-state index contributed by atoms with van der Waals surface area (Å²) in [5.41, 5.74) is 7.45. The van der Waals surface area contributed by atoms with Crippen molar-refractivity contribution in [2.75, 3.05) is 4.90 Å². The molecule has 170 valence electrons. The number of benzene rings is 6. The van der Waals surface area contributed by atoms with Gasteiger partial charge in [-0.25, -0.2) is 0 Å². The minimum atomic E-state index is 0.828. The monoisotopic (exact) mass is 515 g/mol. The van der Waals surface area contributed by atoms with Crippen LogP contribution in [0.3, 0.4) is 0 Å². The van der Waals surface area contributed by atoms with Gasteiger partial charge in [0, 0.05) is 21.5 Å². The number of hydrogen-bond acceptors (Lipinski definition) is 1. The third-order valence-electron chi connectivity index (χ3n) is 7.09. The summed E-state index contributed by atoms with van der Waals surface area (Å²) in [6, 6.07) is 39.8. The van der Waals surface area contributed by atoms with Crippen LogP contribution in [-0.4, -0.2) is 0 Å². The number of hydrogen-bond donors (Lipinski definition) is 0. The Morgan fingerprint density at radius 2 is 0.829 bits per heavy atom. The standard InChI is InChI=1S/C33H26BrN/c1-22-9-3-15-28-25(22)12-6-18-31(28)35(32-19-7-13-26-23(2)10-4-16-29(26)32)33-20-8-14-27-24(21-34)11-5-17-30(27)33/h3-20H,21H2,1-2H3. The fraction of sp³-hybridized carbons (Fsp3) is 0.0909. The van der Waals surface area contributed by atoms with Gasteiger partial charge in [-0.15, -0.1) is 0 Å². The van der Waals surface area contributed by atoms with Crippen molar-refractivity contribution in [3.63, 3.8) is 0 Å². The first-order valence-corrected chi connectivity index (χ1v) is 13.1. The molecule has 2 heteroatoms. The van der Waals surface area contributed by atoms with E-state index in [9.17, 15) is 0 Å². The van der Waals surface area contributed by atoms with Crippen molar-refractivity contribution in [3.8, 4) is 0 Å². The van der Waals surface area contributed by atoms with E-state index in [0.717, 1.165) is 5.33 Å². The molecule has 0 aliphatic rings. The molecule has 6 rings (SSSR count). The zero-order valence-corrected chi connectivity index (χ0v) is 21.5. The lowest BCUT2D eigenvalue weighted by Gasteiger charge is -2.30. The van der Waals surface area contributed by atoms with E-state index >= 15 is 0 Å². The summed E-state index contributed by atoms with van der Waals surface area (Å²) in [6.07, 6.45) is 0. The molecule has 0 radical (unpaired) electrons. The smallest absolute Gasteiger partial charge is 0.0540 e. The summed E-state index contributed by atoms with van der Waals surface area (Å²) in [5.74, 6) is 0. The van der Waals surface area contributed by atoms with E-state index in [4.69, 9.17) is 0 Å². The van der Waals surface area contributed by atoms with Gasteiger partial charge >= 0.3 is 0 Å². The van der Waals surface area contributed by atoms with Gasteiger partial charge in [-0.3, -0.25) is 0 Å². The van der Waals surface area contributed by atoms with Gasteiger partial charge in [-0.05, 0) is 64.9 Å². The van der Waals surface area contributed by atoms with Crippen molar-refractivity contribution in [1.82, 2.24) is 0 Å². The zero-order chi connectivity index (χ0) is 23.9. The van der Waals surface area contributed by atoms with Gasteiger partial charge in [0.05, 0.1) is 17.1 Å². The van der Waals surface area contributed by atoms with Crippen molar-refractivity contribution < 1.29 is 0 Å². The number of halogens is 1. The van der Waals surface area contributed by atoms with Crippen LogP contribution in [0.2, 0.25) is 0 Å². The molecule has 6 aromatic rings. The lowest BCUT2D eigenvalue weighted by Crippen LogP contribution is -2.12. The van der Waals surface area contributed by atoms with Crippen molar-refractivity contribution in [2.24, 2.45) is 0 Å². The van der Waals surface area contributed by atoms with E-state index in [0.29, 0.717) is 0 Å². The molecule has 0 N–H and O–H groups in total. The van der Waals surface area contributed by atoms with Crippen LogP contribution in [-0.2, 0) is 5.33 Å². The molecule has 35 heavy (non-hydrogen) atoms. The average Bonchev–Trinajstić information content (AvgIpc) is 2.89. The normalized spacial score (nSPS) is 11.4. The van der Waals surface area contributed by atoms with Gasteiger partial charge in [0.2, 0.25) is 0 Å². The Balaban J connectivity index is 1.76. The van der Waals surface area contributed by atoms with Crippen molar-refractivity contribution in [1.29, 1.82) is 0 Å². The van der Waals surface area contributed by atoms with E-state index < -0.39 is 0 Å². The first kappa shape index (κ1) is 21.9. The molecular formula is C33H26BrN. The summed E-state index contributed by atoms with van der Waals surface area (Å²) in [6.45, 7) is 4.38. The van der Waals surface area contributed by atoms with Crippen LogP contribution < -0.4 is 4.90 Å². The highest BCUT2D eigenvalue weighted by Crippen LogP contribution is 2.45. The maximum atomic E-state index is 3.70. The maximum absolute atomic E-state index is 3.70. The number of rotatable bonds is 4. The fourth-order valence-electron chi connectivity index (χ4n) is 5.35. The Hall–Kier alpha value is -3.62. The molecule has 0 atom stereocenters. The van der Waals surface area contributed by atoms with Crippen LogP contribution in [0.25, 0.3) is 32.3 Å². The number of nitrogens with zero attached hydrogens (tertiary/aromatic N) is 1. The van der Waals surface area contributed by atoms with Crippen LogP contribution in [0.1, 0.15) is 16.7 Å². The molecule has 0 spiro atoms. The number of anilines is 3. The maximum Gasteiger partial charge on any atom is 0.0540 e. The first-order valence-electron chi connectivity index (χ1n) is 12.0. The highest BCUT2D eigenvalue weighted by Gasteiger charge is 2.20. The molecule has 0 aromatic heterocycles. The second-order valence-corrected chi connectivity index (χ2v) is 9.71. The molecule has 0 amide bonds. The van der Waals surface area contributed by atoms with Crippen LogP contribution >= 0.6 is 15.9 Å². The Bertz CT molecular complexity index is 1630. The number of alkyl halides is 1. The molecule has 6 aromatic carbocycles. The van der Waals surface area contributed by atoms with Crippen LogP contribution in [0.5, 0.6) is 0 Å². The summed E-state index contributed by atoms with van der Waals surface area (Å²) < 4.78 is 0. The second-order valence-electron chi connectivity index (χ2n) is 9.15. The van der Waals surface area contributed by atoms with E-state index in [1.54, 1.807) is 0 Å². The molecule has 0 fully saturated rings. The van der Waals surface area contributed by atoms with Crippen molar-refractivity contribution in [2.45, 2.75) is 19.2 Å². The summed E-state index contributed by atoms with van der Waals surface area (Å²) in [5, 5.41) is 8.44. The molecule has 1 nitrogen and oxygen atoms in total. The Morgan fingerprint density at radius 3 is 1.31 bits per heavy atom. The predicted octanol–water partition coefficient (Wildman–Crippen LogP) is 10.1. The van der Waals surface area contributed by atoms with Gasteiger partial charge in [0.1, 0.15) is 0 Å². The number of fused-ring (bicyclic) bond motifs is 3. The molecular weight excluding hydrogens is 490 g/mol. The van der Waals surface area contributed by atoms with Crippen molar-refractivity contribution >= 4 is 65.3 Å². The quantitative estimate of drug-likeness (QED) is 0.211. The highest BCUT2D eigenvalue weighted by molar-refractivity contribution is 9.08.